The Morgan fingerprint density at radius 3 is 2.31 bits per heavy atom. The van der Waals surface area contributed by atoms with Crippen molar-refractivity contribution in [2.45, 2.75) is 6.61 Å². The van der Waals surface area contributed by atoms with Crippen LogP contribution >= 0.6 is 45.2 Å². The molecule has 1 aliphatic heterocycles. The molecule has 3 aromatic carbocycles. The van der Waals surface area contributed by atoms with Gasteiger partial charge >= 0.3 is 12.0 Å². The SMILES string of the molecule is O=C1NC(=O)N(c2cccc(F)c2)C(=O)/C1=C/c1cc(I)c(OCc2ccc(C(=O)O)cc2)c(I)c1. The summed E-state index contributed by atoms with van der Waals surface area (Å²) in [6.07, 6.45) is 1.36. The summed E-state index contributed by atoms with van der Waals surface area (Å²) in [5, 5.41) is 11.1. The van der Waals surface area contributed by atoms with Gasteiger partial charge in [-0.1, -0.05) is 18.2 Å². The minimum absolute atomic E-state index is 0.000182. The predicted molar refractivity (Wildman–Crippen MR) is 145 cm³/mol. The third-order valence-electron chi connectivity index (χ3n) is 5.08. The maximum absolute atomic E-state index is 13.7. The van der Waals surface area contributed by atoms with Crippen LogP contribution in [0.3, 0.4) is 0 Å². The van der Waals surface area contributed by atoms with Crippen molar-refractivity contribution in [3.8, 4) is 5.75 Å². The Bertz CT molecular complexity index is 1420. The summed E-state index contributed by atoms with van der Waals surface area (Å²) in [4.78, 5) is 49.5. The number of ether oxygens (including phenoxy) is 1. The van der Waals surface area contributed by atoms with Gasteiger partial charge in [-0.2, -0.15) is 0 Å². The van der Waals surface area contributed by atoms with Crippen LogP contribution in [-0.2, 0) is 16.2 Å². The van der Waals surface area contributed by atoms with Crippen molar-refractivity contribution in [3.63, 3.8) is 0 Å². The second-order valence-electron chi connectivity index (χ2n) is 7.54. The van der Waals surface area contributed by atoms with E-state index >= 15 is 0 Å². The molecule has 0 saturated carbocycles. The van der Waals surface area contributed by atoms with E-state index in [0.717, 1.165) is 11.6 Å². The molecule has 0 atom stereocenters. The first-order valence-electron chi connectivity index (χ1n) is 10.2. The molecule has 11 heteroatoms. The number of nitrogens with one attached hydrogen (secondary N) is 1. The number of nitrogens with zero attached hydrogens (tertiary/aromatic N) is 1. The molecule has 3 aromatic rings. The number of hydrogen-bond acceptors (Lipinski definition) is 5. The standard InChI is InChI=1S/C25H15FI2N2O6/c26-16-2-1-3-17(11-16)30-23(32)18(22(31)29-25(30)35)8-14-9-19(27)21(20(28)10-14)36-12-13-4-6-15(7-5-13)24(33)34/h1-11H,12H2,(H,33,34)(H,29,31,35)/b18-8+. The van der Waals surface area contributed by atoms with Crippen LogP contribution in [0.4, 0.5) is 14.9 Å². The first kappa shape index (κ1) is 25.8. The minimum Gasteiger partial charge on any atom is -0.487 e. The van der Waals surface area contributed by atoms with Gasteiger partial charge in [-0.3, -0.25) is 14.9 Å². The van der Waals surface area contributed by atoms with Crippen molar-refractivity contribution >= 4 is 80.8 Å². The van der Waals surface area contributed by atoms with Crippen LogP contribution in [0.2, 0.25) is 0 Å². The van der Waals surface area contributed by atoms with Crippen molar-refractivity contribution in [1.29, 1.82) is 0 Å². The number of imide groups is 2. The van der Waals surface area contributed by atoms with E-state index < -0.39 is 29.6 Å². The zero-order chi connectivity index (χ0) is 26.0. The molecule has 0 aromatic heterocycles. The molecular formula is C25H15FI2N2O6. The first-order chi connectivity index (χ1) is 17.1. The number of carboxylic acid groups (broad SMARTS) is 1. The third-order valence-corrected chi connectivity index (χ3v) is 6.69. The van der Waals surface area contributed by atoms with Crippen LogP contribution in [0.15, 0.2) is 66.2 Å². The maximum Gasteiger partial charge on any atom is 0.335 e. The Balaban J connectivity index is 1.57. The number of anilines is 1. The second kappa shape index (κ2) is 10.7. The summed E-state index contributed by atoms with van der Waals surface area (Å²) < 4.78 is 21.0. The van der Waals surface area contributed by atoms with E-state index in [4.69, 9.17) is 9.84 Å². The number of benzene rings is 3. The summed E-state index contributed by atoms with van der Waals surface area (Å²) >= 11 is 4.13. The molecule has 8 nitrogen and oxygen atoms in total. The number of carbonyl (C=O) groups excluding carboxylic acids is 3. The number of carboxylic acids is 1. The molecule has 0 bridgehead atoms. The number of carbonyl (C=O) groups is 4. The number of urea groups is 1. The van der Waals surface area contributed by atoms with E-state index in [1.807, 2.05) is 0 Å². The molecule has 0 unspecified atom stereocenters. The van der Waals surface area contributed by atoms with Crippen LogP contribution in [0.25, 0.3) is 6.08 Å². The fourth-order valence-corrected chi connectivity index (χ4v) is 5.50. The van der Waals surface area contributed by atoms with Gasteiger partial charge in [-0.15, -0.1) is 0 Å². The number of amides is 4. The van der Waals surface area contributed by atoms with Crippen molar-refractivity contribution < 1.29 is 33.4 Å². The molecule has 0 aliphatic carbocycles. The molecule has 4 rings (SSSR count). The highest BCUT2D eigenvalue weighted by atomic mass is 127. The monoisotopic (exact) mass is 712 g/mol. The van der Waals surface area contributed by atoms with Crippen molar-refractivity contribution in [3.05, 3.63) is 95.9 Å². The summed E-state index contributed by atoms with van der Waals surface area (Å²) in [5.41, 5.74) is 1.20. The topological polar surface area (TPSA) is 113 Å². The van der Waals surface area contributed by atoms with Crippen LogP contribution in [0.5, 0.6) is 5.75 Å². The van der Waals surface area contributed by atoms with Crippen molar-refractivity contribution in [2.24, 2.45) is 0 Å². The van der Waals surface area contributed by atoms with Crippen LogP contribution in [0.1, 0.15) is 21.5 Å². The van der Waals surface area contributed by atoms with Gasteiger partial charge in [0.05, 0.1) is 18.4 Å². The van der Waals surface area contributed by atoms with Gasteiger partial charge in [0.1, 0.15) is 23.7 Å². The zero-order valence-electron chi connectivity index (χ0n) is 18.1. The molecule has 4 amide bonds. The Morgan fingerprint density at radius 2 is 1.69 bits per heavy atom. The number of halogens is 3. The van der Waals surface area contributed by atoms with Crippen molar-refractivity contribution in [1.82, 2.24) is 5.32 Å². The average Bonchev–Trinajstić information content (AvgIpc) is 2.81. The summed E-state index contributed by atoms with van der Waals surface area (Å²) in [5.74, 6) is -2.79. The predicted octanol–water partition coefficient (Wildman–Crippen LogP) is 4.98. The van der Waals surface area contributed by atoms with E-state index in [1.54, 1.807) is 24.3 Å². The molecule has 1 heterocycles. The highest BCUT2D eigenvalue weighted by molar-refractivity contribution is 14.1. The highest BCUT2D eigenvalue weighted by Gasteiger charge is 2.37. The summed E-state index contributed by atoms with van der Waals surface area (Å²) in [7, 11) is 0. The largest absolute Gasteiger partial charge is 0.487 e. The summed E-state index contributed by atoms with van der Waals surface area (Å²) in [6.45, 7) is 0.206. The lowest BCUT2D eigenvalue weighted by Gasteiger charge is -2.26. The van der Waals surface area contributed by atoms with Gasteiger partial charge in [0.15, 0.2) is 0 Å². The van der Waals surface area contributed by atoms with E-state index in [9.17, 15) is 23.6 Å². The Hall–Kier alpha value is -3.33. The molecule has 2 N–H and O–H groups in total. The normalized spacial score (nSPS) is 14.7. The third kappa shape index (κ3) is 5.56. The van der Waals surface area contributed by atoms with Gasteiger partial charge in [-0.05, 0) is 105 Å². The molecule has 1 aliphatic rings. The number of hydrogen-bond donors (Lipinski definition) is 2. The van der Waals surface area contributed by atoms with Crippen LogP contribution < -0.4 is 15.0 Å². The van der Waals surface area contributed by atoms with Crippen molar-refractivity contribution in [2.75, 3.05) is 4.90 Å². The summed E-state index contributed by atoms with van der Waals surface area (Å²) in [6, 6.07) is 13.7. The Morgan fingerprint density at radius 1 is 1.03 bits per heavy atom. The Kier molecular flexibility index (Phi) is 7.68. The second-order valence-corrected chi connectivity index (χ2v) is 9.87. The lowest BCUT2D eigenvalue weighted by molar-refractivity contribution is -0.122. The fraction of sp³-hybridized carbons (Fsp3) is 0.0400. The number of barbiturate groups is 1. The Labute approximate surface area is 231 Å². The van der Waals surface area contributed by atoms with Gasteiger partial charge in [0.25, 0.3) is 11.8 Å². The zero-order valence-corrected chi connectivity index (χ0v) is 22.4. The number of aromatic carboxylic acids is 1. The highest BCUT2D eigenvalue weighted by Crippen LogP contribution is 2.31. The van der Waals surface area contributed by atoms with Gasteiger partial charge in [-0.25, -0.2) is 18.9 Å². The molecule has 36 heavy (non-hydrogen) atoms. The van der Waals surface area contributed by atoms with E-state index in [-0.39, 0.29) is 23.4 Å². The lowest BCUT2D eigenvalue weighted by Crippen LogP contribution is -2.54. The van der Waals surface area contributed by atoms with Gasteiger partial charge in [0.2, 0.25) is 0 Å². The smallest absolute Gasteiger partial charge is 0.335 e. The quantitative estimate of drug-likeness (QED) is 0.212. The lowest BCUT2D eigenvalue weighted by atomic mass is 10.1. The minimum atomic E-state index is -1.01. The number of rotatable bonds is 6. The maximum atomic E-state index is 13.7. The first-order valence-corrected chi connectivity index (χ1v) is 12.4. The van der Waals surface area contributed by atoms with Gasteiger partial charge in [0, 0.05) is 0 Å². The molecular weight excluding hydrogens is 697 g/mol. The van der Waals surface area contributed by atoms with E-state index in [2.05, 4.69) is 50.5 Å². The van der Waals surface area contributed by atoms with E-state index in [0.29, 0.717) is 23.4 Å². The van der Waals surface area contributed by atoms with E-state index in [1.165, 1.54) is 36.4 Å². The van der Waals surface area contributed by atoms with Crippen LogP contribution in [-0.4, -0.2) is 28.9 Å². The molecule has 1 fully saturated rings. The molecule has 0 spiro atoms. The molecule has 182 valence electrons. The van der Waals surface area contributed by atoms with Gasteiger partial charge < -0.3 is 9.84 Å². The molecule has 1 saturated heterocycles. The average molecular weight is 712 g/mol. The fourth-order valence-electron chi connectivity index (χ4n) is 3.37. The van der Waals surface area contributed by atoms with Crippen LogP contribution in [0, 0.1) is 13.0 Å². The molecule has 0 radical (unpaired) electrons.